The maximum atomic E-state index is 4.36. The SMILES string of the molecule is c1cnc2cc(-c3nccs3)nn2c1. The Morgan fingerprint density at radius 2 is 2.21 bits per heavy atom. The summed E-state index contributed by atoms with van der Waals surface area (Å²) in [6, 6.07) is 3.78. The van der Waals surface area contributed by atoms with Gasteiger partial charge in [0.25, 0.3) is 0 Å². The average Bonchev–Trinajstić information content (AvgIpc) is 2.86. The second kappa shape index (κ2) is 2.88. The lowest BCUT2D eigenvalue weighted by Gasteiger charge is -1.86. The van der Waals surface area contributed by atoms with Crippen LogP contribution in [-0.4, -0.2) is 19.6 Å². The van der Waals surface area contributed by atoms with Crippen LogP contribution in [0.15, 0.2) is 36.1 Å². The Morgan fingerprint density at radius 1 is 1.21 bits per heavy atom. The van der Waals surface area contributed by atoms with Gasteiger partial charge in [-0.2, -0.15) is 5.10 Å². The van der Waals surface area contributed by atoms with Gasteiger partial charge in [0, 0.05) is 30.0 Å². The molecule has 5 heteroatoms. The van der Waals surface area contributed by atoms with Crippen LogP contribution >= 0.6 is 11.3 Å². The molecule has 3 aromatic rings. The van der Waals surface area contributed by atoms with Crippen LogP contribution in [0.1, 0.15) is 0 Å². The minimum Gasteiger partial charge on any atom is -0.243 e. The molecule has 0 spiro atoms. The smallest absolute Gasteiger partial charge is 0.155 e. The predicted molar refractivity (Wildman–Crippen MR) is 54.1 cm³/mol. The summed E-state index contributed by atoms with van der Waals surface area (Å²) >= 11 is 1.58. The van der Waals surface area contributed by atoms with E-state index in [1.165, 1.54) is 0 Å². The van der Waals surface area contributed by atoms with Crippen LogP contribution in [0.25, 0.3) is 16.3 Å². The van der Waals surface area contributed by atoms with Gasteiger partial charge in [0.2, 0.25) is 0 Å². The molecule has 0 saturated carbocycles. The molecule has 0 aliphatic rings. The molecule has 3 aromatic heterocycles. The molecule has 0 aliphatic heterocycles. The highest BCUT2D eigenvalue weighted by Crippen LogP contribution is 2.20. The van der Waals surface area contributed by atoms with Crippen LogP contribution in [0.4, 0.5) is 0 Å². The first-order valence-corrected chi connectivity index (χ1v) is 5.02. The molecule has 0 unspecified atom stereocenters. The topological polar surface area (TPSA) is 43.1 Å². The predicted octanol–water partition coefficient (Wildman–Crippen LogP) is 1.85. The van der Waals surface area contributed by atoms with E-state index in [1.807, 2.05) is 23.7 Å². The van der Waals surface area contributed by atoms with Crippen molar-refractivity contribution in [2.24, 2.45) is 0 Å². The van der Waals surface area contributed by atoms with Crippen molar-refractivity contribution in [1.29, 1.82) is 0 Å². The number of thiazole rings is 1. The monoisotopic (exact) mass is 202 g/mol. The lowest BCUT2D eigenvalue weighted by molar-refractivity contribution is 0.942. The molecule has 0 aliphatic carbocycles. The zero-order valence-corrected chi connectivity index (χ0v) is 7.98. The second-order valence-electron chi connectivity index (χ2n) is 2.79. The van der Waals surface area contributed by atoms with Gasteiger partial charge in [0.1, 0.15) is 10.7 Å². The molecule has 0 N–H and O–H groups in total. The lowest BCUT2D eigenvalue weighted by Crippen LogP contribution is -1.86. The van der Waals surface area contributed by atoms with Crippen LogP contribution in [0.3, 0.4) is 0 Å². The minimum absolute atomic E-state index is 0.845. The fraction of sp³-hybridized carbons (Fsp3) is 0. The lowest BCUT2D eigenvalue weighted by atomic mass is 10.4. The number of aromatic nitrogens is 4. The van der Waals surface area contributed by atoms with Gasteiger partial charge in [-0.05, 0) is 6.07 Å². The van der Waals surface area contributed by atoms with Crippen LogP contribution in [-0.2, 0) is 0 Å². The fourth-order valence-electron chi connectivity index (χ4n) is 1.28. The summed E-state index contributed by atoms with van der Waals surface area (Å²) in [6.07, 6.45) is 5.40. The zero-order chi connectivity index (χ0) is 9.38. The van der Waals surface area contributed by atoms with Crippen LogP contribution in [0, 0.1) is 0 Å². The molecule has 68 valence electrons. The van der Waals surface area contributed by atoms with E-state index in [4.69, 9.17) is 0 Å². The van der Waals surface area contributed by atoms with Crippen molar-refractivity contribution in [3.63, 3.8) is 0 Å². The first kappa shape index (κ1) is 7.64. The van der Waals surface area contributed by atoms with Gasteiger partial charge in [-0.25, -0.2) is 14.5 Å². The summed E-state index contributed by atoms with van der Waals surface area (Å²) in [5, 5.41) is 7.22. The number of fused-ring (bicyclic) bond motifs is 1. The Labute approximate surface area is 83.9 Å². The third-order valence-corrected chi connectivity index (χ3v) is 2.68. The molecular formula is C9H6N4S. The van der Waals surface area contributed by atoms with Gasteiger partial charge in [0.05, 0.1) is 0 Å². The summed E-state index contributed by atoms with van der Waals surface area (Å²) < 4.78 is 1.75. The number of hydrogen-bond acceptors (Lipinski definition) is 4. The van der Waals surface area contributed by atoms with Crippen molar-refractivity contribution in [2.75, 3.05) is 0 Å². The summed E-state index contributed by atoms with van der Waals surface area (Å²) in [6.45, 7) is 0. The third-order valence-electron chi connectivity index (χ3n) is 1.89. The zero-order valence-electron chi connectivity index (χ0n) is 7.16. The standard InChI is InChI=1S/C9H6N4S/c1-2-10-8-6-7(12-13(8)4-1)9-11-3-5-14-9/h1-6H. The Hall–Kier alpha value is -1.75. The van der Waals surface area contributed by atoms with Crippen molar-refractivity contribution in [2.45, 2.75) is 0 Å². The van der Waals surface area contributed by atoms with Crippen molar-refractivity contribution in [3.8, 4) is 10.7 Å². The summed E-state index contributed by atoms with van der Waals surface area (Å²) in [5.41, 5.74) is 1.72. The molecule has 3 rings (SSSR count). The van der Waals surface area contributed by atoms with Crippen LogP contribution in [0.2, 0.25) is 0 Å². The average molecular weight is 202 g/mol. The molecule has 0 bridgehead atoms. The highest BCUT2D eigenvalue weighted by molar-refractivity contribution is 7.13. The van der Waals surface area contributed by atoms with E-state index >= 15 is 0 Å². The van der Waals surface area contributed by atoms with E-state index in [0.29, 0.717) is 0 Å². The van der Waals surface area contributed by atoms with Gasteiger partial charge in [-0.1, -0.05) is 0 Å². The molecule has 0 saturated heterocycles. The van der Waals surface area contributed by atoms with E-state index < -0.39 is 0 Å². The molecule has 0 amide bonds. The van der Waals surface area contributed by atoms with Gasteiger partial charge < -0.3 is 0 Å². The summed E-state index contributed by atoms with van der Waals surface area (Å²) in [5.74, 6) is 0. The maximum Gasteiger partial charge on any atom is 0.155 e. The fourth-order valence-corrected chi connectivity index (χ4v) is 1.88. The molecule has 0 radical (unpaired) electrons. The van der Waals surface area contributed by atoms with Crippen molar-refractivity contribution in [3.05, 3.63) is 36.1 Å². The number of hydrogen-bond donors (Lipinski definition) is 0. The Kier molecular flexibility index (Phi) is 1.57. The minimum atomic E-state index is 0.845. The molecule has 3 heterocycles. The second-order valence-corrected chi connectivity index (χ2v) is 3.68. The third kappa shape index (κ3) is 1.10. The highest BCUT2D eigenvalue weighted by Gasteiger charge is 2.05. The van der Waals surface area contributed by atoms with Crippen LogP contribution in [0.5, 0.6) is 0 Å². The van der Waals surface area contributed by atoms with Crippen molar-refractivity contribution >= 4 is 17.0 Å². The normalized spacial score (nSPS) is 10.9. The first-order chi connectivity index (χ1) is 6.93. The number of nitrogens with zero attached hydrogens (tertiary/aromatic N) is 4. The Bertz CT molecular complexity index is 522. The van der Waals surface area contributed by atoms with E-state index in [9.17, 15) is 0 Å². The molecule has 0 aromatic carbocycles. The molecule has 0 fully saturated rings. The largest absolute Gasteiger partial charge is 0.243 e. The van der Waals surface area contributed by atoms with E-state index in [2.05, 4.69) is 15.1 Å². The van der Waals surface area contributed by atoms with E-state index in [0.717, 1.165) is 16.3 Å². The van der Waals surface area contributed by atoms with Crippen LogP contribution < -0.4 is 0 Å². The van der Waals surface area contributed by atoms with Gasteiger partial charge in [-0.3, -0.25) is 0 Å². The number of rotatable bonds is 1. The van der Waals surface area contributed by atoms with E-state index in [-0.39, 0.29) is 0 Å². The molecular weight excluding hydrogens is 196 g/mol. The summed E-state index contributed by atoms with van der Waals surface area (Å²) in [4.78, 5) is 8.39. The highest BCUT2D eigenvalue weighted by atomic mass is 32.1. The Balaban J connectivity index is 2.24. The summed E-state index contributed by atoms with van der Waals surface area (Å²) in [7, 11) is 0. The van der Waals surface area contributed by atoms with Gasteiger partial charge in [0.15, 0.2) is 5.65 Å². The first-order valence-electron chi connectivity index (χ1n) is 4.14. The van der Waals surface area contributed by atoms with Crippen molar-refractivity contribution < 1.29 is 0 Å². The molecule has 14 heavy (non-hydrogen) atoms. The maximum absolute atomic E-state index is 4.36. The molecule has 4 nitrogen and oxygen atoms in total. The van der Waals surface area contributed by atoms with Crippen molar-refractivity contribution in [1.82, 2.24) is 19.6 Å². The quantitative estimate of drug-likeness (QED) is 0.604. The van der Waals surface area contributed by atoms with E-state index in [1.54, 1.807) is 28.2 Å². The van der Waals surface area contributed by atoms with Gasteiger partial charge >= 0.3 is 0 Å². The molecule has 0 atom stereocenters. The Morgan fingerprint density at radius 3 is 3.00 bits per heavy atom. The van der Waals surface area contributed by atoms with Gasteiger partial charge in [-0.15, -0.1) is 11.3 Å².